The molecule has 31 heavy (non-hydrogen) atoms. The summed E-state index contributed by atoms with van der Waals surface area (Å²) in [6, 6.07) is 11.4. The number of methoxy groups -OCH3 is 1. The third-order valence-electron chi connectivity index (χ3n) is 5.85. The zero-order valence-corrected chi connectivity index (χ0v) is 19.2. The maximum atomic E-state index is 13.3. The molecule has 1 aliphatic rings. The lowest BCUT2D eigenvalue weighted by molar-refractivity contribution is 0.0260. The number of para-hydroxylation sites is 1. The van der Waals surface area contributed by atoms with Gasteiger partial charge in [0.1, 0.15) is 17.1 Å². The molecule has 0 saturated heterocycles. The van der Waals surface area contributed by atoms with Crippen LogP contribution >= 0.6 is 0 Å². The number of rotatable bonds is 8. The number of amides is 1. The van der Waals surface area contributed by atoms with Crippen LogP contribution in [0.4, 0.5) is 0 Å². The molecule has 2 aromatic rings. The van der Waals surface area contributed by atoms with E-state index in [1.54, 1.807) is 6.92 Å². The lowest BCUT2D eigenvalue weighted by Gasteiger charge is -2.41. The first-order valence-corrected chi connectivity index (χ1v) is 12.0. The van der Waals surface area contributed by atoms with Gasteiger partial charge in [-0.15, -0.1) is 0 Å². The quantitative estimate of drug-likeness (QED) is 0.643. The van der Waals surface area contributed by atoms with Gasteiger partial charge >= 0.3 is 0 Å². The first kappa shape index (κ1) is 23.1. The van der Waals surface area contributed by atoms with E-state index in [0.29, 0.717) is 24.5 Å². The predicted molar refractivity (Wildman–Crippen MR) is 119 cm³/mol. The van der Waals surface area contributed by atoms with E-state index >= 15 is 0 Å². The SMILES string of the molecule is CCNC(=O)c1cc(S(=O)(=O)NC2CC(CC)(CC)Oc3ccccc32)ccc1OC. The third-order valence-corrected chi connectivity index (χ3v) is 7.32. The van der Waals surface area contributed by atoms with Crippen LogP contribution in [0.2, 0.25) is 0 Å². The van der Waals surface area contributed by atoms with Crippen LogP contribution in [0.25, 0.3) is 0 Å². The van der Waals surface area contributed by atoms with Gasteiger partial charge in [0.25, 0.3) is 5.91 Å². The smallest absolute Gasteiger partial charge is 0.255 e. The molecule has 2 N–H and O–H groups in total. The van der Waals surface area contributed by atoms with Gasteiger partial charge in [0, 0.05) is 18.5 Å². The van der Waals surface area contributed by atoms with Crippen LogP contribution in [0.1, 0.15) is 62.0 Å². The van der Waals surface area contributed by atoms with Crippen LogP contribution in [0.15, 0.2) is 47.4 Å². The number of benzene rings is 2. The van der Waals surface area contributed by atoms with Gasteiger partial charge in [-0.1, -0.05) is 32.0 Å². The third kappa shape index (κ3) is 4.70. The van der Waals surface area contributed by atoms with Crippen molar-refractivity contribution in [2.24, 2.45) is 0 Å². The van der Waals surface area contributed by atoms with Gasteiger partial charge in [-0.25, -0.2) is 13.1 Å². The molecule has 0 aliphatic carbocycles. The number of carbonyl (C=O) groups is 1. The van der Waals surface area contributed by atoms with Crippen molar-refractivity contribution >= 4 is 15.9 Å². The largest absolute Gasteiger partial charge is 0.496 e. The van der Waals surface area contributed by atoms with E-state index in [0.717, 1.165) is 18.4 Å². The van der Waals surface area contributed by atoms with Gasteiger partial charge in [0.15, 0.2) is 0 Å². The Labute approximate surface area is 184 Å². The molecule has 0 bridgehead atoms. The molecule has 1 atom stereocenters. The van der Waals surface area contributed by atoms with Crippen LogP contribution in [-0.2, 0) is 10.0 Å². The normalized spacial score (nSPS) is 17.4. The number of sulfonamides is 1. The Balaban J connectivity index is 1.98. The fourth-order valence-corrected chi connectivity index (χ4v) is 5.19. The van der Waals surface area contributed by atoms with E-state index in [2.05, 4.69) is 10.0 Å². The Morgan fingerprint density at radius 2 is 1.87 bits per heavy atom. The van der Waals surface area contributed by atoms with Crippen molar-refractivity contribution in [3.8, 4) is 11.5 Å². The Kier molecular flexibility index (Phi) is 6.91. The summed E-state index contributed by atoms with van der Waals surface area (Å²) >= 11 is 0. The van der Waals surface area contributed by atoms with Crippen LogP contribution in [0, 0.1) is 0 Å². The zero-order chi connectivity index (χ0) is 22.6. The lowest BCUT2D eigenvalue weighted by Crippen LogP contribution is -2.44. The molecule has 168 valence electrons. The minimum absolute atomic E-state index is 0.0112. The fraction of sp³-hybridized carbons (Fsp3) is 0.435. The van der Waals surface area contributed by atoms with E-state index in [1.807, 2.05) is 38.1 Å². The van der Waals surface area contributed by atoms with Crippen LogP contribution in [0.5, 0.6) is 11.5 Å². The summed E-state index contributed by atoms with van der Waals surface area (Å²) < 4.78 is 41.0. The van der Waals surface area contributed by atoms with Gasteiger partial charge in [-0.3, -0.25) is 4.79 Å². The molecule has 1 unspecified atom stereocenters. The summed E-state index contributed by atoms with van der Waals surface area (Å²) in [6.07, 6.45) is 2.05. The van der Waals surface area contributed by atoms with Crippen molar-refractivity contribution < 1.29 is 22.7 Å². The molecule has 2 aromatic carbocycles. The van der Waals surface area contributed by atoms with Gasteiger partial charge < -0.3 is 14.8 Å². The molecule has 1 amide bonds. The van der Waals surface area contributed by atoms with Crippen LogP contribution < -0.4 is 19.5 Å². The maximum Gasteiger partial charge on any atom is 0.255 e. The molecule has 0 aromatic heterocycles. The molecule has 0 spiro atoms. The molecule has 0 saturated carbocycles. The molecule has 1 aliphatic heterocycles. The molecule has 8 heteroatoms. The van der Waals surface area contributed by atoms with Crippen molar-refractivity contribution in [1.82, 2.24) is 10.0 Å². The standard InChI is InChI=1S/C23H30N2O5S/c1-5-23(6-2)15-19(17-10-8-9-11-21(17)30-23)25-31(27,28)16-12-13-20(29-4)18(14-16)22(26)24-7-3/h8-14,19,25H,5-7,15H2,1-4H3,(H,24,26). The average Bonchev–Trinajstić information content (AvgIpc) is 2.78. The highest BCUT2D eigenvalue weighted by molar-refractivity contribution is 7.89. The highest BCUT2D eigenvalue weighted by Gasteiger charge is 2.40. The van der Waals surface area contributed by atoms with E-state index in [9.17, 15) is 13.2 Å². The van der Waals surface area contributed by atoms with E-state index in [-0.39, 0.29) is 16.4 Å². The van der Waals surface area contributed by atoms with Crippen LogP contribution in [0.3, 0.4) is 0 Å². The molecular weight excluding hydrogens is 416 g/mol. The monoisotopic (exact) mass is 446 g/mol. The number of nitrogens with one attached hydrogen (secondary N) is 2. The highest BCUT2D eigenvalue weighted by atomic mass is 32.2. The fourth-order valence-electron chi connectivity index (χ4n) is 3.95. The Morgan fingerprint density at radius 3 is 2.52 bits per heavy atom. The predicted octanol–water partition coefficient (Wildman–Crippen LogP) is 3.81. The number of ether oxygens (including phenoxy) is 2. The molecule has 1 heterocycles. The van der Waals surface area contributed by atoms with Gasteiger partial charge in [0.05, 0.1) is 23.6 Å². The molecule has 7 nitrogen and oxygen atoms in total. The molecular formula is C23H30N2O5S. The molecule has 0 fully saturated rings. The Hall–Kier alpha value is -2.58. The van der Waals surface area contributed by atoms with Gasteiger partial charge in [0.2, 0.25) is 10.0 Å². The Bertz CT molecular complexity index is 1050. The summed E-state index contributed by atoms with van der Waals surface area (Å²) in [5.74, 6) is 0.629. The summed E-state index contributed by atoms with van der Waals surface area (Å²) in [5, 5.41) is 2.68. The Morgan fingerprint density at radius 1 is 1.16 bits per heavy atom. The van der Waals surface area contributed by atoms with E-state index in [1.165, 1.54) is 25.3 Å². The second-order valence-corrected chi connectivity index (χ2v) is 9.34. The highest BCUT2D eigenvalue weighted by Crippen LogP contribution is 2.43. The van der Waals surface area contributed by atoms with Crippen molar-refractivity contribution in [1.29, 1.82) is 0 Å². The van der Waals surface area contributed by atoms with Crippen molar-refractivity contribution in [3.63, 3.8) is 0 Å². The minimum Gasteiger partial charge on any atom is -0.496 e. The molecule has 3 rings (SSSR count). The minimum atomic E-state index is -3.91. The zero-order valence-electron chi connectivity index (χ0n) is 18.4. The second kappa shape index (κ2) is 9.28. The van der Waals surface area contributed by atoms with Gasteiger partial charge in [-0.2, -0.15) is 0 Å². The van der Waals surface area contributed by atoms with Crippen molar-refractivity contribution in [2.45, 2.75) is 56.6 Å². The van der Waals surface area contributed by atoms with E-state index < -0.39 is 21.7 Å². The van der Waals surface area contributed by atoms with Gasteiger partial charge in [-0.05, 0) is 44.0 Å². The summed E-state index contributed by atoms with van der Waals surface area (Å²) in [7, 11) is -2.46. The van der Waals surface area contributed by atoms with Crippen molar-refractivity contribution in [2.75, 3.05) is 13.7 Å². The average molecular weight is 447 g/mol. The topological polar surface area (TPSA) is 93.7 Å². The lowest BCUT2D eigenvalue weighted by atomic mass is 9.84. The first-order chi connectivity index (χ1) is 14.8. The first-order valence-electron chi connectivity index (χ1n) is 10.6. The summed E-state index contributed by atoms with van der Waals surface area (Å²) in [6.45, 7) is 6.31. The number of carbonyl (C=O) groups excluding carboxylic acids is 1. The number of hydrogen-bond acceptors (Lipinski definition) is 5. The number of hydrogen-bond donors (Lipinski definition) is 2. The summed E-state index contributed by atoms with van der Waals surface area (Å²) in [4.78, 5) is 12.4. The maximum absolute atomic E-state index is 13.3. The second-order valence-electron chi connectivity index (χ2n) is 7.63. The summed E-state index contributed by atoms with van der Waals surface area (Å²) in [5.41, 5.74) is 0.547. The number of fused-ring (bicyclic) bond motifs is 1. The van der Waals surface area contributed by atoms with Crippen molar-refractivity contribution in [3.05, 3.63) is 53.6 Å². The van der Waals surface area contributed by atoms with E-state index in [4.69, 9.17) is 9.47 Å². The van der Waals surface area contributed by atoms with Crippen LogP contribution in [-0.4, -0.2) is 33.6 Å². The molecule has 0 radical (unpaired) electrons.